The van der Waals surface area contributed by atoms with E-state index in [0.29, 0.717) is 42.5 Å². The van der Waals surface area contributed by atoms with Crippen LogP contribution in [0.1, 0.15) is 41.2 Å². The SMILES string of the molecule is Cc1n[nH]c(-c2ccc(C(=O)NCC3CC(=O)N(c4ccc(N5CCCCC5=O)cc4)C3)s2)n1. The fourth-order valence-electron chi connectivity index (χ4n) is 4.43. The molecule has 1 unspecified atom stereocenters. The first-order valence-electron chi connectivity index (χ1n) is 11.5. The number of thiophene rings is 1. The Kier molecular flexibility index (Phi) is 6.14. The Morgan fingerprint density at radius 3 is 2.56 bits per heavy atom. The molecule has 10 heteroatoms. The van der Waals surface area contributed by atoms with Crippen LogP contribution in [0.3, 0.4) is 0 Å². The number of aromatic amines is 1. The van der Waals surface area contributed by atoms with Crippen molar-refractivity contribution in [2.24, 2.45) is 5.92 Å². The molecule has 2 fully saturated rings. The van der Waals surface area contributed by atoms with Crippen LogP contribution in [0.5, 0.6) is 0 Å². The monoisotopic (exact) mass is 478 g/mol. The first-order chi connectivity index (χ1) is 16.5. The fourth-order valence-corrected chi connectivity index (χ4v) is 5.29. The maximum absolute atomic E-state index is 12.6. The second-order valence-corrected chi connectivity index (χ2v) is 9.78. The van der Waals surface area contributed by atoms with Gasteiger partial charge >= 0.3 is 0 Å². The number of hydrogen-bond acceptors (Lipinski definition) is 6. The molecular formula is C24H26N6O3S. The Bertz CT molecular complexity index is 1220. The minimum atomic E-state index is -0.158. The second kappa shape index (κ2) is 9.38. The van der Waals surface area contributed by atoms with Crippen molar-refractivity contribution < 1.29 is 14.4 Å². The zero-order chi connectivity index (χ0) is 23.7. The van der Waals surface area contributed by atoms with E-state index in [9.17, 15) is 14.4 Å². The van der Waals surface area contributed by atoms with Crippen LogP contribution >= 0.6 is 11.3 Å². The van der Waals surface area contributed by atoms with Crippen LogP contribution in [-0.4, -0.2) is 52.5 Å². The smallest absolute Gasteiger partial charge is 0.261 e. The first kappa shape index (κ1) is 22.3. The number of anilines is 2. The molecule has 0 saturated carbocycles. The van der Waals surface area contributed by atoms with E-state index in [1.807, 2.05) is 35.2 Å². The van der Waals surface area contributed by atoms with Gasteiger partial charge < -0.3 is 15.1 Å². The van der Waals surface area contributed by atoms with Crippen molar-refractivity contribution in [1.29, 1.82) is 0 Å². The van der Waals surface area contributed by atoms with Crippen LogP contribution in [0, 0.1) is 12.8 Å². The molecule has 0 radical (unpaired) electrons. The predicted octanol–water partition coefficient (Wildman–Crippen LogP) is 3.14. The van der Waals surface area contributed by atoms with E-state index < -0.39 is 0 Å². The molecule has 1 atom stereocenters. The molecular weight excluding hydrogens is 452 g/mol. The van der Waals surface area contributed by atoms with Gasteiger partial charge in [-0.05, 0) is 56.2 Å². The van der Waals surface area contributed by atoms with Gasteiger partial charge in [-0.1, -0.05) is 0 Å². The normalized spacial score (nSPS) is 18.6. The molecule has 2 aliphatic rings. The van der Waals surface area contributed by atoms with E-state index in [1.54, 1.807) is 17.9 Å². The van der Waals surface area contributed by atoms with Gasteiger partial charge in [-0.25, -0.2) is 4.98 Å². The van der Waals surface area contributed by atoms with Gasteiger partial charge in [0.05, 0.1) is 9.75 Å². The Balaban J connectivity index is 1.17. The van der Waals surface area contributed by atoms with Gasteiger partial charge in [0.25, 0.3) is 5.91 Å². The third kappa shape index (κ3) is 4.58. The number of carbonyl (C=O) groups excluding carboxylic acids is 3. The van der Waals surface area contributed by atoms with Gasteiger partial charge in [-0.2, -0.15) is 5.10 Å². The zero-order valence-corrected chi connectivity index (χ0v) is 19.7. The molecule has 1 aromatic carbocycles. The lowest BCUT2D eigenvalue weighted by molar-refractivity contribution is -0.119. The third-order valence-corrected chi connectivity index (χ3v) is 7.30. The van der Waals surface area contributed by atoms with Gasteiger partial charge in [-0.15, -0.1) is 11.3 Å². The van der Waals surface area contributed by atoms with Crippen molar-refractivity contribution in [2.45, 2.75) is 32.6 Å². The fraction of sp³-hybridized carbons (Fsp3) is 0.375. The van der Waals surface area contributed by atoms with Crippen LogP contribution in [0.2, 0.25) is 0 Å². The lowest BCUT2D eigenvalue weighted by Crippen LogP contribution is -2.35. The van der Waals surface area contributed by atoms with Gasteiger partial charge in [0.15, 0.2) is 5.82 Å². The molecule has 3 amide bonds. The summed E-state index contributed by atoms with van der Waals surface area (Å²) < 4.78 is 0. The summed E-state index contributed by atoms with van der Waals surface area (Å²) in [6, 6.07) is 11.2. The van der Waals surface area contributed by atoms with E-state index in [4.69, 9.17) is 0 Å². The van der Waals surface area contributed by atoms with Crippen LogP contribution in [0.25, 0.3) is 10.7 Å². The van der Waals surface area contributed by atoms with Crippen molar-refractivity contribution >= 4 is 40.4 Å². The summed E-state index contributed by atoms with van der Waals surface area (Å²) in [6.07, 6.45) is 2.94. The average molecular weight is 479 g/mol. The van der Waals surface area contributed by atoms with Crippen molar-refractivity contribution in [3.8, 4) is 10.7 Å². The summed E-state index contributed by atoms with van der Waals surface area (Å²) in [5.41, 5.74) is 1.69. The molecule has 0 bridgehead atoms. The summed E-state index contributed by atoms with van der Waals surface area (Å²) in [7, 11) is 0. The number of rotatable bonds is 6. The highest BCUT2D eigenvalue weighted by Gasteiger charge is 2.31. The predicted molar refractivity (Wildman–Crippen MR) is 130 cm³/mol. The zero-order valence-electron chi connectivity index (χ0n) is 18.9. The molecule has 2 saturated heterocycles. The topological polar surface area (TPSA) is 111 Å². The molecule has 34 heavy (non-hydrogen) atoms. The molecule has 2 N–H and O–H groups in total. The quantitative estimate of drug-likeness (QED) is 0.565. The minimum absolute atomic E-state index is 0.0381. The molecule has 9 nitrogen and oxygen atoms in total. The van der Waals surface area contributed by atoms with Gasteiger partial charge in [0.2, 0.25) is 11.8 Å². The van der Waals surface area contributed by atoms with E-state index in [0.717, 1.165) is 35.6 Å². The number of amides is 3. The van der Waals surface area contributed by atoms with Gasteiger partial charge in [-0.3, -0.25) is 19.5 Å². The van der Waals surface area contributed by atoms with Crippen LogP contribution < -0.4 is 15.1 Å². The highest BCUT2D eigenvalue weighted by atomic mass is 32.1. The van der Waals surface area contributed by atoms with Crippen LogP contribution in [0.15, 0.2) is 36.4 Å². The Morgan fingerprint density at radius 2 is 1.85 bits per heavy atom. The molecule has 0 aliphatic carbocycles. The van der Waals surface area contributed by atoms with Crippen molar-refractivity contribution in [3.05, 3.63) is 47.1 Å². The largest absolute Gasteiger partial charge is 0.351 e. The standard InChI is InChI=1S/C24H26N6O3S/c1-15-26-23(28-27-15)19-9-10-20(34-19)24(33)25-13-16-12-22(32)30(14-16)18-7-5-17(6-8-18)29-11-3-2-4-21(29)31/h5-10,16H,2-4,11-14H2,1H3,(H,25,33)(H,26,27,28). The average Bonchev–Trinajstić information content (AvgIpc) is 3.58. The summed E-state index contributed by atoms with van der Waals surface area (Å²) >= 11 is 1.35. The van der Waals surface area contributed by atoms with Gasteiger partial charge in [0.1, 0.15) is 5.82 Å². The lowest BCUT2D eigenvalue weighted by atomic mass is 10.1. The lowest BCUT2D eigenvalue weighted by Gasteiger charge is -2.27. The van der Waals surface area contributed by atoms with Crippen molar-refractivity contribution in [2.75, 3.05) is 29.4 Å². The number of carbonyl (C=O) groups is 3. The highest BCUT2D eigenvalue weighted by molar-refractivity contribution is 7.17. The molecule has 2 aliphatic heterocycles. The number of benzene rings is 1. The van der Waals surface area contributed by atoms with Crippen molar-refractivity contribution in [1.82, 2.24) is 20.5 Å². The van der Waals surface area contributed by atoms with Crippen molar-refractivity contribution in [3.63, 3.8) is 0 Å². The number of aromatic nitrogens is 3. The van der Waals surface area contributed by atoms with E-state index in [2.05, 4.69) is 20.5 Å². The van der Waals surface area contributed by atoms with E-state index in [-0.39, 0.29) is 23.6 Å². The number of aryl methyl sites for hydroxylation is 1. The van der Waals surface area contributed by atoms with Crippen LogP contribution in [0.4, 0.5) is 11.4 Å². The summed E-state index contributed by atoms with van der Waals surface area (Å²) in [5, 5.41) is 9.84. The number of H-pyrrole nitrogens is 1. The molecule has 5 rings (SSSR count). The number of nitrogens with zero attached hydrogens (tertiary/aromatic N) is 4. The van der Waals surface area contributed by atoms with Gasteiger partial charge in [0, 0.05) is 49.8 Å². The minimum Gasteiger partial charge on any atom is -0.351 e. The molecule has 176 valence electrons. The number of hydrogen-bond donors (Lipinski definition) is 2. The highest BCUT2D eigenvalue weighted by Crippen LogP contribution is 2.29. The second-order valence-electron chi connectivity index (χ2n) is 8.70. The maximum Gasteiger partial charge on any atom is 0.261 e. The molecule has 4 heterocycles. The third-order valence-electron chi connectivity index (χ3n) is 6.21. The Labute approximate surface area is 201 Å². The molecule has 2 aromatic heterocycles. The Hall–Kier alpha value is -3.53. The molecule has 3 aromatic rings. The van der Waals surface area contributed by atoms with E-state index in [1.165, 1.54) is 11.3 Å². The maximum atomic E-state index is 12.6. The number of nitrogens with one attached hydrogen (secondary N) is 2. The number of piperidine rings is 1. The summed E-state index contributed by atoms with van der Waals surface area (Å²) in [5.74, 6) is 1.37. The summed E-state index contributed by atoms with van der Waals surface area (Å²) in [6.45, 7) is 3.52. The Morgan fingerprint density at radius 1 is 1.09 bits per heavy atom. The molecule has 0 spiro atoms. The van der Waals surface area contributed by atoms with Crippen LogP contribution in [-0.2, 0) is 9.59 Å². The summed E-state index contributed by atoms with van der Waals surface area (Å²) in [4.78, 5) is 46.7. The first-order valence-corrected chi connectivity index (χ1v) is 12.3. The van der Waals surface area contributed by atoms with E-state index >= 15 is 0 Å².